The van der Waals surface area contributed by atoms with Crippen LogP contribution in [0.4, 0.5) is 0 Å². The molecule has 0 aliphatic heterocycles. The first-order valence-corrected chi connectivity index (χ1v) is 8.45. The Morgan fingerprint density at radius 1 is 1.14 bits per heavy atom. The Morgan fingerprint density at radius 3 is 2.57 bits per heavy atom. The number of thiol groups is 1. The fourth-order valence-electron chi connectivity index (χ4n) is 2.91. The van der Waals surface area contributed by atoms with Gasteiger partial charge in [0.1, 0.15) is 5.75 Å². The monoisotopic (exact) mass is 303 g/mol. The van der Waals surface area contributed by atoms with E-state index < -0.39 is 0 Å². The third kappa shape index (κ3) is 4.13. The van der Waals surface area contributed by atoms with Crippen molar-refractivity contribution in [2.75, 3.05) is 12.4 Å². The van der Waals surface area contributed by atoms with Gasteiger partial charge in [0, 0.05) is 23.1 Å². The molecule has 0 radical (unpaired) electrons. The van der Waals surface area contributed by atoms with Crippen molar-refractivity contribution < 1.29 is 4.74 Å². The number of aromatic nitrogens is 1. The summed E-state index contributed by atoms with van der Waals surface area (Å²) < 4.78 is 6.09. The molecule has 21 heavy (non-hydrogen) atoms. The Balaban J connectivity index is 2.11. The molecule has 0 aliphatic rings. The number of pyridine rings is 1. The molecule has 1 aromatic heterocycles. The van der Waals surface area contributed by atoms with Gasteiger partial charge in [0.05, 0.1) is 12.1 Å². The zero-order valence-corrected chi connectivity index (χ0v) is 13.9. The van der Waals surface area contributed by atoms with E-state index in [2.05, 4.69) is 43.6 Å². The van der Waals surface area contributed by atoms with Crippen LogP contribution in [0.25, 0.3) is 10.9 Å². The van der Waals surface area contributed by atoms with Gasteiger partial charge >= 0.3 is 0 Å². The highest BCUT2D eigenvalue weighted by molar-refractivity contribution is 7.80. The van der Waals surface area contributed by atoms with Crippen molar-refractivity contribution in [1.29, 1.82) is 0 Å². The second-order valence-corrected chi connectivity index (χ2v) is 6.12. The summed E-state index contributed by atoms with van der Waals surface area (Å²) in [5, 5.41) is 1.15. The lowest BCUT2D eigenvalue weighted by Crippen LogP contribution is -2.30. The fourth-order valence-corrected chi connectivity index (χ4v) is 3.31. The Labute approximate surface area is 133 Å². The molecule has 0 N–H and O–H groups in total. The second-order valence-electron chi connectivity index (χ2n) is 5.80. The van der Waals surface area contributed by atoms with Gasteiger partial charge in [-0.25, -0.2) is 0 Å². The fraction of sp³-hybridized carbons (Fsp3) is 0.500. The zero-order valence-electron chi connectivity index (χ0n) is 13.0. The topological polar surface area (TPSA) is 22.1 Å². The smallest absolute Gasteiger partial charge is 0.121 e. The predicted octanol–water partition coefficient (Wildman–Crippen LogP) is 5.13. The van der Waals surface area contributed by atoms with E-state index in [4.69, 9.17) is 4.74 Å². The molecule has 1 aromatic carbocycles. The maximum Gasteiger partial charge on any atom is 0.121 e. The zero-order chi connectivity index (χ0) is 15.1. The van der Waals surface area contributed by atoms with Gasteiger partial charge in [0.15, 0.2) is 0 Å². The Kier molecular flexibility index (Phi) is 5.92. The molecule has 0 spiro atoms. The number of fused-ring (bicyclic) bond motifs is 1. The van der Waals surface area contributed by atoms with E-state index in [1.54, 1.807) is 0 Å². The lowest BCUT2D eigenvalue weighted by atomic mass is 9.82. The van der Waals surface area contributed by atoms with Crippen LogP contribution in [0.15, 0.2) is 36.5 Å². The first-order chi connectivity index (χ1) is 10.2. The molecule has 0 amide bonds. The summed E-state index contributed by atoms with van der Waals surface area (Å²) in [6.45, 7) is 5.19. The lowest BCUT2D eigenvalue weighted by Gasteiger charge is -2.31. The number of ether oxygens (including phenoxy) is 1. The molecule has 0 saturated heterocycles. The molecular formula is C18H25NOS. The van der Waals surface area contributed by atoms with Gasteiger partial charge in [-0.15, -0.1) is 0 Å². The highest BCUT2D eigenvalue weighted by Gasteiger charge is 2.27. The predicted molar refractivity (Wildman–Crippen MR) is 93.3 cm³/mol. The normalized spacial score (nSPS) is 11.8. The number of rotatable bonds is 8. The Morgan fingerprint density at radius 2 is 1.90 bits per heavy atom. The second kappa shape index (κ2) is 7.69. The lowest BCUT2D eigenvalue weighted by molar-refractivity contribution is 0.144. The van der Waals surface area contributed by atoms with Crippen molar-refractivity contribution in [2.45, 2.75) is 39.5 Å². The van der Waals surface area contributed by atoms with Crippen molar-refractivity contribution in [2.24, 2.45) is 5.41 Å². The van der Waals surface area contributed by atoms with E-state index in [-0.39, 0.29) is 5.41 Å². The van der Waals surface area contributed by atoms with E-state index in [1.807, 2.05) is 24.4 Å². The molecule has 0 unspecified atom stereocenters. The van der Waals surface area contributed by atoms with Crippen LogP contribution in [0.2, 0.25) is 0 Å². The minimum atomic E-state index is 0.186. The SMILES string of the molecule is CCCC(CS)(CCC)COc1ccc2cccnc2c1. The van der Waals surface area contributed by atoms with E-state index in [0.717, 1.165) is 41.9 Å². The van der Waals surface area contributed by atoms with Crippen molar-refractivity contribution in [3.8, 4) is 5.75 Å². The van der Waals surface area contributed by atoms with Crippen LogP contribution >= 0.6 is 12.6 Å². The molecule has 0 bridgehead atoms. The van der Waals surface area contributed by atoms with Crippen molar-refractivity contribution in [3.63, 3.8) is 0 Å². The van der Waals surface area contributed by atoms with E-state index in [1.165, 1.54) is 12.8 Å². The number of hydrogen-bond donors (Lipinski definition) is 1. The van der Waals surface area contributed by atoms with Crippen LogP contribution in [-0.4, -0.2) is 17.3 Å². The van der Waals surface area contributed by atoms with Crippen molar-refractivity contribution >= 4 is 23.5 Å². The highest BCUT2D eigenvalue weighted by Crippen LogP contribution is 2.32. The summed E-state index contributed by atoms with van der Waals surface area (Å²) in [6.07, 6.45) is 6.48. The van der Waals surface area contributed by atoms with Gasteiger partial charge in [0.2, 0.25) is 0 Å². The minimum Gasteiger partial charge on any atom is -0.493 e. The van der Waals surface area contributed by atoms with Gasteiger partial charge < -0.3 is 4.74 Å². The molecule has 0 fully saturated rings. The third-order valence-corrected chi connectivity index (χ3v) is 4.69. The van der Waals surface area contributed by atoms with Crippen molar-refractivity contribution in [1.82, 2.24) is 4.98 Å². The summed E-state index contributed by atoms with van der Waals surface area (Å²) in [5.41, 5.74) is 1.17. The van der Waals surface area contributed by atoms with Crippen LogP contribution in [0, 0.1) is 5.41 Å². The first kappa shape index (κ1) is 16.2. The van der Waals surface area contributed by atoms with Gasteiger partial charge in [-0.3, -0.25) is 4.98 Å². The van der Waals surface area contributed by atoms with Crippen molar-refractivity contribution in [3.05, 3.63) is 36.5 Å². The molecule has 2 nitrogen and oxygen atoms in total. The summed E-state index contributed by atoms with van der Waals surface area (Å²) >= 11 is 4.58. The average Bonchev–Trinajstić information content (AvgIpc) is 2.53. The van der Waals surface area contributed by atoms with Gasteiger partial charge in [-0.05, 0) is 36.8 Å². The molecule has 2 aromatic rings. The number of hydrogen-bond acceptors (Lipinski definition) is 3. The maximum atomic E-state index is 6.09. The van der Waals surface area contributed by atoms with Crippen LogP contribution in [0.1, 0.15) is 39.5 Å². The summed E-state index contributed by atoms with van der Waals surface area (Å²) in [5.74, 6) is 1.78. The quantitative estimate of drug-likeness (QED) is 0.683. The highest BCUT2D eigenvalue weighted by atomic mass is 32.1. The molecule has 0 saturated carbocycles. The van der Waals surface area contributed by atoms with E-state index in [0.29, 0.717) is 0 Å². The molecule has 114 valence electrons. The van der Waals surface area contributed by atoms with Crippen LogP contribution in [-0.2, 0) is 0 Å². The Bertz CT molecular complexity index is 564. The molecule has 0 atom stereocenters. The first-order valence-electron chi connectivity index (χ1n) is 7.81. The molecule has 2 rings (SSSR count). The third-order valence-electron chi connectivity index (χ3n) is 4.02. The minimum absolute atomic E-state index is 0.186. The van der Waals surface area contributed by atoms with Crippen LogP contribution in [0.3, 0.4) is 0 Å². The molecular weight excluding hydrogens is 278 g/mol. The summed E-state index contributed by atoms with van der Waals surface area (Å²) in [7, 11) is 0. The number of benzene rings is 1. The Hall–Kier alpha value is -1.22. The molecule has 1 heterocycles. The largest absolute Gasteiger partial charge is 0.493 e. The van der Waals surface area contributed by atoms with E-state index >= 15 is 0 Å². The van der Waals surface area contributed by atoms with Crippen LogP contribution in [0.5, 0.6) is 5.75 Å². The van der Waals surface area contributed by atoms with Gasteiger partial charge in [-0.2, -0.15) is 12.6 Å². The van der Waals surface area contributed by atoms with E-state index in [9.17, 15) is 0 Å². The van der Waals surface area contributed by atoms with Gasteiger partial charge in [-0.1, -0.05) is 32.8 Å². The summed E-state index contributed by atoms with van der Waals surface area (Å²) in [6, 6.07) is 10.1. The van der Waals surface area contributed by atoms with Crippen LogP contribution < -0.4 is 4.74 Å². The average molecular weight is 303 g/mol. The van der Waals surface area contributed by atoms with Gasteiger partial charge in [0.25, 0.3) is 0 Å². The maximum absolute atomic E-state index is 6.09. The number of nitrogens with zero attached hydrogens (tertiary/aromatic N) is 1. The molecule has 0 aliphatic carbocycles. The molecule has 3 heteroatoms. The summed E-state index contributed by atoms with van der Waals surface area (Å²) in [4.78, 5) is 4.38. The standard InChI is InChI=1S/C18H25NOS/c1-3-9-18(14-21,10-4-2)13-20-16-8-7-15-6-5-11-19-17(15)12-16/h5-8,11-12,21H,3-4,9-10,13-14H2,1-2H3.